The van der Waals surface area contributed by atoms with Gasteiger partial charge in [-0.15, -0.1) is 0 Å². The van der Waals surface area contributed by atoms with Gasteiger partial charge in [0.25, 0.3) is 0 Å². The lowest BCUT2D eigenvalue weighted by molar-refractivity contribution is 0.315. The first-order valence-corrected chi connectivity index (χ1v) is 5.48. The van der Waals surface area contributed by atoms with E-state index in [1.165, 1.54) is 6.42 Å². The molecular weight excluding hydrogens is 200 g/mol. The smallest absolute Gasteiger partial charge is 0.128 e. The number of likely N-dealkylation sites (N-methyl/N-ethyl adjacent to an activating group) is 1. The minimum Gasteiger partial charge on any atom is -0.355 e. The van der Waals surface area contributed by atoms with Crippen molar-refractivity contribution in [3.05, 3.63) is 23.9 Å². The lowest BCUT2D eigenvalue weighted by atomic mass is 10.2. The van der Waals surface area contributed by atoms with E-state index < -0.39 is 0 Å². The van der Waals surface area contributed by atoms with Crippen LogP contribution in [0.5, 0.6) is 0 Å². The Labute approximate surface area is 96.1 Å². The molecule has 1 aliphatic heterocycles. The van der Waals surface area contributed by atoms with Gasteiger partial charge in [-0.3, -0.25) is 0 Å². The largest absolute Gasteiger partial charge is 0.355 e. The van der Waals surface area contributed by atoms with E-state index in [0.29, 0.717) is 11.6 Å². The van der Waals surface area contributed by atoms with Crippen molar-refractivity contribution in [3.8, 4) is 6.07 Å². The van der Waals surface area contributed by atoms with E-state index in [0.717, 1.165) is 18.9 Å². The lowest BCUT2D eigenvalue weighted by Gasteiger charge is -2.20. The molecule has 0 saturated carbocycles. The van der Waals surface area contributed by atoms with Gasteiger partial charge in [0.15, 0.2) is 0 Å². The highest BCUT2D eigenvalue weighted by Gasteiger charge is 2.24. The second-order valence-corrected chi connectivity index (χ2v) is 4.37. The molecule has 2 rings (SSSR count). The normalized spacial score (nSPS) is 20.1. The summed E-state index contributed by atoms with van der Waals surface area (Å²) < 4.78 is 0. The molecule has 0 N–H and O–H groups in total. The maximum atomic E-state index is 8.70. The van der Waals surface area contributed by atoms with Crippen LogP contribution in [0.25, 0.3) is 0 Å². The molecule has 0 amide bonds. The Balaban J connectivity index is 2.06. The molecule has 1 unspecified atom stereocenters. The minimum atomic E-state index is 0.609. The van der Waals surface area contributed by atoms with Gasteiger partial charge >= 0.3 is 0 Å². The molecule has 0 radical (unpaired) electrons. The first-order valence-electron chi connectivity index (χ1n) is 5.48. The second-order valence-electron chi connectivity index (χ2n) is 4.37. The Morgan fingerprint density at radius 3 is 2.81 bits per heavy atom. The van der Waals surface area contributed by atoms with E-state index in [4.69, 9.17) is 5.26 Å². The van der Waals surface area contributed by atoms with Crippen LogP contribution in [0.2, 0.25) is 0 Å². The van der Waals surface area contributed by atoms with Gasteiger partial charge in [0.05, 0.1) is 5.56 Å². The highest BCUT2D eigenvalue weighted by atomic mass is 15.3. The summed E-state index contributed by atoms with van der Waals surface area (Å²) >= 11 is 0. The van der Waals surface area contributed by atoms with Gasteiger partial charge in [0.2, 0.25) is 0 Å². The van der Waals surface area contributed by atoms with E-state index >= 15 is 0 Å². The Morgan fingerprint density at radius 2 is 2.31 bits per heavy atom. The summed E-state index contributed by atoms with van der Waals surface area (Å²) in [6.07, 6.45) is 2.81. The zero-order chi connectivity index (χ0) is 11.5. The van der Waals surface area contributed by atoms with Crippen molar-refractivity contribution < 1.29 is 0 Å². The average Bonchev–Trinajstić information content (AvgIpc) is 2.78. The van der Waals surface area contributed by atoms with Crippen molar-refractivity contribution >= 4 is 5.82 Å². The molecule has 1 aromatic rings. The predicted octanol–water partition coefficient (Wildman–Crippen LogP) is 1.09. The number of nitriles is 1. The van der Waals surface area contributed by atoms with Crippen LogP contribution < -0.4 is 4.90 Å². The number of rotatable bonds is 2. The number of pyridine rings is 1. The van der Waals surface area contributed by atoms with Crippen LogP contribution in [-0.4, -0.2) is 43.1 Å². The van der Waals surface area contributed by atoms with E-state index in [9.17, 15) is 0 Å². The average molecular weight is 216 g/mol. The Hall–Kier alpha value is -1.60. The van der Waals surface area contributed by atoms with Gasteiger partial charge in [-0.2, -0.15) is 5.26 Å². The molecule has 1 fully saturated rings. The molecule has 16 heavy (non-hydrogen) atoms. The molecule has 0 aromatic carbocycles. The minimum absolute atomic E-state index is 0.609. The Kier molecular flexibility index (Phi) is 3.07. The molecule has 1 aromatic heterocycles. The lowest BCUT2D eigenvalue weighted by Crippen LogP contribution is -2.31. The molecule has 1 aliphatic rings. The van der Waals surface area contributed by atoms with Gasteiger partial charge in [0.1, 0.15) is 11.9 Å². The number of aromatic nitrogens is 1. The van der Waals surface area contributed by atoms with E-state index in [-0.39, 0.29) is 0 Å². The van der Waals surface area contributed by atoms with Crippen molar-refractivity contribution in [2.75, 3.05) is 32.1 Å². The van der Waals surface area contributed by atoms with Crippen LogP contribution >= 0.6 is 0 Å². The summed E-state index contributed by atoms with van der Waals surface area (Å²) in [6.45, 7) is 2.06. The first kappa shape index (κ1) is 10.9. The van der Waals surface area contributed by atoms with E-state index in [2.05, 4.69) is 34.9 Å². The SMILES string of the molecule is CN(C)C1CCN(c2ccc(C#N)cn2)C1. The van der Waals surface area contributed by atoms with Crippen LogP contribution in [0.15, 0.2) is 18.3 Å². The molecule has 0 aliphatic carbocycles. The molecule has 4 nitrogen and oxygen atoms in total. The Bertz CT molecular complexity index is 390. The van der Waals surface area contributed by atoms with Crippen molar-refractivity contribution in [2.24, 2.45) is 0 Å². The fraction of sp³-hybridized carbons (Fsp3) is 0.500. The third-order valence-corrected chi connectivity index (χ3v) is 3.09. The summed E-state index contributed by atoms with van der Waals surface area (Å²) in [4.78, 5) is 8.83. The highest BCUT2D eigenvalue weighted by molar-refractivity contribution is 5.43. The first-order chi connectivity index (χ1) is 7.70. The molecule has 0 spiro atoms. The quantitative estimate of drug-likeness (QED) is 0.742. The van der Waals surface area contributed by atoms with E-state index in [1.54, 1.807) is 6.20 Å². The van der Waals surface area contributed by atoms with Gasteiger partial charge in [0, 0.05) is 25.3 Å². The van der Waals surface area contributed by atoms with Crippen LogP contribution in [0.4, 0.5) is 5.82 Å². The summed E-state index contributed by atoms with van der Waals surface area (Å²) in [7, 11) is 4.22. The molecule has 0 bridgehead atoms. The highest BCUT2D eigenvalue weighted by Crippen LogP contribution is 2.19. The Morgan fingerprint density at radius 1 is 1.50 bits per heavy atom. The number of hydrogen-bond donors (Lipinski definition) is 0. The zero-order valence-corrected chi connectivity index (χ0v) is 9.72. The monoisotopic (exact) mass is 216 g/mol. The molecule has 1 saturated heterocycles. The maximum Gasteiger partial charge on any atom is 0.128 e. The molecular formula is C12H16N4. The molecule has 84 valence electrons. The maximum absolute atomic E-state index is 8.70. The zero-order valence-electron chi connectivity index (χ0n) is 9.72. The predicted molar refractivity (Wildman–Crippen MR) is 63.3 cm³/mol. The van der Waals surface area contributed by atoms with Gasteiger partial charge < -0.3 is 9.80 Å². The van der Waals surface area contributed by atoms with Crippen LogP contribution in [0.3, 0.4) is 0 Å². The third-order valence-electron chi connectivity index (χ3n) is 3.09. The number of hydrogen-bond acceptors (Lipinski definition) is 4. The molecule has 4 heteroatoms. The van der Waals surface area contributed by atoms with Crippen LogP contribution in [-0.2, 0) is 0 Å². The van der Waals surface area contributed by atoms with Gasteiger partial charge in [-0.05, 0) is 32.6 Å². The molecule has 1 atom stereocenters. The summed E-state index contributed by atoms with van der Waals surface area (Å²) in [6, 6.07) is 6.44. The number of anilines is 1. The van der Waals surface area contributed by atoms with Crippen molar-refractivity contribution in [2.45, 2.75) is 12.5 Å². The topological polar surface area (TPSA) is 43.2 Å². The number of nitrogens with zero attached hydrogens (tertiary/aromatic N) is 4. The second kappa shape index (κ2) is 4.50. The fourth-order valence-corrected chi connectivity index (χ4v) is 2.01. The van der Waals surface area contributed by atoms with Crippen molar-refractivity contribution in [3.63, 3.8) is 0 Å². The third kappa shape index (κ3) is 2.15. The fourth-order valence-electron chi connectivity index (χ4n) is 2.01. The van der Waals surface area contributed by atoms with Gasteiger partial charge in [-0.25, -0.2) is 4.98 Å². The van der Waals surface area contributed by atoms with Gasteiger partial charge in [-0.1, -0.05) is 0 Å². The van der Waals surface area contributed by atoms with Crippen molar-refractivity contribution in [1.29, 1.82) is 5.26 Å². The standard InChI is InChI=1S/C12H16N4/c1-15(2)11-5-6-16(9-11)12-4-3-10(7-13)8-14-12/h3-4,8,11H,5-6,9H2,1-2H3. The van der Waals surface area contributed by atoms with Crippen LogP contribution in [0, 0.1) is 11.3 Å². The van der Waals surface area contributed by atoms with Crippen molar-refractivity contribution in [1.82, 2.24) is 9.88 Å². The summed E-state index contributed by atoms with van der Waals surface area (Å²) in [5.74, 6) is 0.975. The summed E-state index contributed by atoms with van der Waals surface area (Å²) in [5.41, 5.74) is 0.618. The summed E-state index contributed by atoms with van der Waals surface area (Å²) in [5, 5.41) is 8.70. The van der Waals surface area contributed by atoms with Crippen LogP contribution in [0.1, 0.15) is 12.0 Å². The molecule has 2 heterocycles. The van der Waals surface area contributed by atoms with E-state index in [1.807, 2.05) is 12.1 Å².